The molecule has 1 aliphatic rings. The van der Waals surface area contributed by atoms with Crippen molar-refractivity contribution in [2.75, 3.05) is 38.6 Å². The van der Waals surface area contributed by atoms with Crippen molar-refractivity contribution in [3.05, 3.63) is 28.2 Å². The molecule has 110 valence electrons. The molecular weight excluding hydrogens is 316 g/mol. The highest BCUT2D eigenvalue weighted by Gasteiger charge is 2.20. The fraction of sp³-hybridized carbons (Fsp3) is 0.562. The van der Waals surface area contributed by atoms with Gasteiger partial charge in [0.25, 0.3) is 0 Å². The standard InChI is InChI=1S/C16H23BrN2O/c1-12(20)15-5-4-14(17)10-16(15)19(3)11-13-6-8-18(2)9-7-13/h4-5,10,13H,6-9,11H2,1-3H3. The lowest BCUT2D eigenvalue weighted by atomic mass is 9.96. The number of carbonyl (C=O) groups excluding carboxylic acids is 1. The van der Waals surface area contributed by atoms with Crippen LogP contribution in [0, 0.1) is 5.92 Å². The van der Waals surface area contributed by atoms with Crippen LogP contribution in [-0.2, 0) is 0 Å². The summed E-state index contributed by atoms with van der Waals surface area (Å²) >= 11 is 3.50. The Morgan fingerprint density at radius 3 is 2.65 bits per heavy atom. The van der Waals surface area contributed by atoms with Gasteiger partial charge in [-0.25, -0.2) is 0 Å². The van der Waals surface area contributed by atoms with Gasteiger partial charge >= 0.3 is 0 Å². The molecule has 1 fully saturated rings. The Labute approximate surface area is 130 Å². The van der Waals surface area contributed by atoms with Crippen molar-refractivity contribution in [2.24, 2.45) is 5.92 Å². The first kappa shape index (κ1) is 15.5. The van der Waals surface area contributed by atoms with Crippen LogP contribution in [0.15, 0.2) is 22.7 Å². The lowest BCUT2D eigenvalue weighted by molar-refractivity contribution is 0.101. The number of likely N-dealkylation sites (tertiary alicyclic amines) is 1. The molecule has 1 heterocycles. The second-order valence-corrected chi connectivity index (χ2v) is 6.76. The van der Waals surface area contributed by atoms with E-state index in [4.69, 9.17) is 0 Å². The largest absolute Gasteiger partial charge is 0.374 e. The first-order valence-electron chi connectivity index (χ1n) is 7.17. The highest BCUT2D eigenvalue weighted by Crippen LogP contribution is 2.27. The van der Waals surface area contributed by atoms with Crippen LogP contribution in [0.3, 0.4) is 0 Å². The number of anilines is 1. The highest BCUT2D eigenvalue weighted by atomic mass is 79.9. The van der Waals surface area contributed by atoms with E-state index in [1.165, 1.54) is 25.9 Å². The van der Waals surface area contributed by atoms with Crippen LogP contribution in [0.2, 0.25) is 0 Å². The lowest BCUT2D eigenvalue weighted by Gasteiger charge is -2.33. The zero-order valence-electron chi connectivity index (χ0n) is 12.5. The summed E-state index contributed by atoms with van der Waals surface area (Å²) in [5, 5.41) is 0. The number of nitrogens with zero attached hydrogens (tertiary/aromatic N) is 2. The van der Waals surface area contributed by atoms with E-state index < -0.39 is 0 Å². The van der Waals surface area contributed by atoms with E-state index in [9.17, 15) is 4.79 Å². The van der Waals surface area contributed by atoms with Gasteiger partial charge in [0.2, 0.25) is 0 Å². The van der Waals surface area contributed by atoms with Gasteiger partial charge in [-0.1, -0.05) is 15.9 Å². The summed E-state index contributed by atoms with van der Waals surface area (Å²) < 4.78 is 1.02. The summed E-state index contributed by atoms with van der Waals surface area (Å²) in [6.45, 7) is 5.01. The fourth-order valence-corrected chi connectivity index (χ4v) is 3.20. The number of piperidine rings is 1. The molecule has 0 unspecified atom stereocenters. The molecule has 0 spiro atoms. The molecule has 1 aromatic rings. The molecule has 0 aliphatic carbocycles. The van der Waals surface area contributed by atoms with E-state index in [-0.39, 0.29) is 5.78 Å². The van der Waals surface area contributed by atoms with Crippen molar-refractivity contribution in [1.82, 2.24) is 4.90 Å². The van der Waals surface area contributed by atoms with Crippen LogP contribution in [0.1, 0.15) is 30.1 Å². The van der Waals surface area contributed by atoms with Crippen molar-refractivity contribution >= 4 is 27.4 Å². The number of benzene rings is 1. The summed E-state index contributed by atoms with van der Waals surface area (Å²) in [5.74, 6) is 0.845. The number of halogens is 1. The van der Waals surface area contributed by atoms with Crippen molar-refractivity contribution in [2.45, 2.75) is 19.8 Å². The Hall–Kier alpha value is -0.870. The molecule has 4 heteroatoms. The lowest BCUT2D eigenvalue weighted by Crippen LogP contribution is -2.36. The minimum absolute atomic E-state index is 0.128. The van der Waals surface area contributed by atoms with E-state index >= 15 is 0 Å². The number of hydrogen-bond acceptors (Lipinski definition) is 3. The quantitative estimate of drug-likeness (QED) is 0.786. The monoisotopic (exact) mass is 338 g/mol. The molecule has 2 rings (SSSR count). The molecule has 3 nitrogen and oxygen atoms in total. The van der Waals surface area contributed by atoms with Crippen LogP contribution in [-0.4, -0.2) is 44.4 Å². The Bertz CT molecular complexity index is 481. The molecule has 0 radical (unpaired) electrons. The van der Waals surface area contributed by atoms with Crippen molar-refractivity contribution in [1.29, 1.82) is 0 Å². The van der Waals surface area contributed by atoms with Gasteiger partial charge in [0.15, 0.2) is 5.78 Å². The van der Waals surface area contributed by atoms with Crippen molar-refractivity contribution in [3.8, 4) is 0 Å². The number of rotatable bonds is 4. The van der Waals surface area contributed by atoms with E-state index in [1.54, 1.807) is 6.92 Å². The van der Waals surface area contributed by atoms with E-state index in [2.05, 4.69) is 39.8 Å². The van der Waals surface area contributed by atoms with Crippen LogP contribution < -0.4 is 4.90 Å². The third-order valence-corrected chi connectivity index (χ3v) is 4.61. The summed E-state index contributed by atoms with van der Waals surface area (Å²) in [4.78, 5) is 16.4. The summed E-state index contributed by atoms with van der Waals surface area (Å²) in [5.41, 5.74) is 1.84. The molecule has 0 aromatic heterocycles. The summed E-state index contributed by atoms with van der Waals surface area (Å²) in [7, 11) is 4.27. The first-order chi connectivity index (χ1) is 9.47. The summed E-state index contributed by atoms with van der Waals surface area (Å²) in [6, 6.07) is 5.89. The van der Waals surface area contributed by atoms with Crippen LogP contribution >= 0.6 is 15.9 Å². The van der Waals surface area contributed by atoms with Crippen LogP contribution in [0.5, 0.6) is 0 Å². The third-order valence-electron chi connectivity index (χ3n) is 4.12. The predicted molar refractivity (Wildman–Crippen MR) is 87.6 cm³/mol. The maximum atomic E-state index is 11.8. The Kier molecular flexibility index (Phi) is 5.22. The average molecular weight is 339 g/mol. The Morgan fingerprint density at radius 1 is 1.40 bits per heavy atom. The second kappa shape index (κ2) is 6.72. The number of hydrogen-bond donors (Lipinski definition) is 0. The van der Waals surface area contributed by atoms with Gasteiger partial charge in [-0.3, -0.25) is 4.79 Å². The van der Waals surface area contributed by atoms with Gasteiger partial charge in [-0.05, 0) is 64.0 Å². The molecule has 0 saturated carbocycles. The molecule has 1 aromatic carbocycles. The third kappa shape index (κ3) is 3.83. The molecule has 0 N–H and O–H groups in total. The minimum Gasteiger partial charge on any atom is -0.374 e. The fourth-order valence-electron chi connectivity index (χ4n) is 2.85. The maximum Gasteiger partial charge on any atom is 0.161 e. The minimum atomic E-state index is 0.128. The van der Waals surface area contributed by atoms with Gasteiger partial charge in [0.1, 0.15) is 0 Å². The predicted octanol–water partition coefficient (Wildman–Crippen LogP) is 3.43. The number of ketones is 1. The zero-order valence-corrected chi connectivity index (χ0v) is 14.1. The highest BCUT2D eigenvalue weighted by molar-refractivity contribution is 9.10. The van der Waals surface area contributed by atoms with Gasteiger partial charge in [0.05, 0.1) is 0 Å². The summed E-state index contributed by atoms with van der Waals surface area (Å²) in [6.07, 6.45) is 2.48. The molecule has 20 heavy (non-hydrogen) atoms. The Balaban J connectivity index is 2.10. The van der Waals surface area contributed by atoms with Crippen LogP contribution in [0.4, 0.5) is 5.69 Å². The van der Waals surface area contributed by atoms with E-state index in [0.717, 1.165) is 28.2 Å². The number of carbonyl (C=O) groups is 1. The molecule has 0 bridgehead atoms. The molecular formula is C16H23BrN2O. The van der Waals surface area contributed by atoms with Gasteiger partial charge in [0, 0.05) is 29.3 Å². The second-order valence-electron chi connectivity index (χ2n) is 5.84. The van der Waals surface area contributed by atoms with Crippen molar-refractivity contribution in [3.63, 3.8) is 0 Å². The average Bonchev–Trinajstić information content (AvgIpc) is 2.41. The maximum absolute atomic E-state index is 11.8. The van der Waals surface area contributed by atoms with E-state index in [1.807, 2.05) is 18.2 Å². The van der Waals surface area contributed by atoms with Crippen molar-refractivity contribution < 1.29 is 4.79 Å². The van der Waals surface area contributed by atoms with Gasteiger partial charge < -0.3 is 9.80 Å². The molecule has 1 aliphatic heterocycles. The Morgan fingerprint density at radius 2 is 2.05 bits per heavy atom. The normalized spacial score (nSPS) is 17.2. The molecule has 0 amide bonds. The van der Waals surface area contributed by atoms with Gasteiger partial charge in [-0.15, -0.1) is 0 Å². The van der Waals surface area contributed by atoms with Crippen LogP contribution in [0.25, 0.3) is 0 Å². The topological polar surface area (TPSA) is 23.6 Å². The SMILES string of the molecule is CC(=O)c1ccc(Br)cc1N(C)CC1CCN(C)CC1. The van der Waals surface area contributed by atoms with Gasteiger partial charge in [-0.2, -0.15) is 0 Å². The molecule has 0 atom stereocenters. The van der Waals surface area contributed by atoms with E-state index in [0.29, 0.717) is 0 Å². The first-order valence-corrected chi connectivity index (χ1v) is 7.97. The smallest absolute Gasteiger partial charge is 0.161 e. The number of Topliss-reactive ketones (excluding diaryl/α,β-unsaturated/α-hetero) is 1. The molecule has 1 saturated heterocycles. The zero-order chi connectivity index (χ0) is 14.7.